The van der Waals surface area contributed by atoms with E-state index in [1.807, 2.05) is 9.80 Å². The first-order chi connectivity index (χ1) is 12.5. The molecule has 0 atom stereocenters. The molecule has 0 unspecified atom stereocenters. The summed E-state index contributed by atoms with van der Waals surface area (Å²) < 4.78 is 0. The summed E-state index contributed by atoms with van der Waals surface area (Å²) in [6, 6.07) is 6.66. The molecule has 2 heterocycles. The molecule has 2 saturated heterocycles. The Kier molecular flexibility index (Phi) is 5.91. The van der Waals surface area contributed by atoms with Gasteiger partial charge in [0.25, 0.3) is 0 Å². The molecule has 0 aliphatic carbocycles. The van der Waals surface area contributed by atoms with Crippen molar-refractivity contribution in [2.24, 2.45) is 5.92 Å². The minimum atomic E-state index is -0.945. The molecule has 0 saturated carbocycles. The predicted molar refractivity (Wildman–Crippen MR) is 96.8 cm³/mol. The predicted octanol–water partition coefficient (Wildman–Crippen LogP) is 2.18. The zero-order valence-electron chi connectivity index (χ0n) is 15.0. The van der Waals surface area contributed by atoms with Crippen molar-refractivity contribution in [2.75, 3.05) is 26.2 Å². The number of nitrogens with zero attached hydrogens (tertiary/aromatic N) is 2. The van der Waals surface area contributed by atoms with Gasteiger partial charge < -0.3 is 14.9 Å². The number of hydrogen-bond donors (Lipinski definition) is 1. The number of carboxylic acids is 1. The second-order valence-corrected chi connectivity index (χ2v) is 7.19. The van der Waals surface area contributed by atoms with Crippen LogP contribution < -0.4 is 0 Å². The molecule has 2 aliphatic heterocycles. The van der Waals surface area contributed by atoms with E-state index in [1.54, 1.807) is 24.3 Å². The van der Waals surface area contributed by atoms with E-state index in [-0.39, 0.29) is 23.3 Å². The van der Waals surface area contributed by atoms with Crippen LogP contribution in [-0.4, -0.2) is 58.9 Å². The molecule has 6 nitrogen and oxygen atoms in total. The van der Waals surface area contributed by atoms with Crippen LogP contribution in [-0.2, 0) is 16.0 Å². The van der Waals surface area contributed by atoms with Crippen LogP contribution in [0.15, 0.2) is 24.3 Å². The molecule has 1 N–H and O–H groups in total. The lowest BCUT2D eigenvalue weighted by molar-refractivity contribution is -0.140. The molecular weight excluding hydrogens is 332 g/mol. The van der Waals surface area contributed by atoms with Crippen LogP contribution in [0.1, 0.15) is 48.0 Å². The molecule has 2 aliphatic rings. The van der Waals surface area contributed by atoms with Crippen LogP contribution in [0.2, 0.25) is 0 Å². The van der Waals surface area contributed by atoms with Crippen molar-refractivity contribution in [3.63, 3.8) is 0 Å². The van der Waals surface area contributed by atoms with E-state index in [0.29, 0.717) is 25.9 Å². The molecule has 1 aromatic rings. The van der Waals surface area contributed by atoms with Crippen molar-refractivity contribution in [1.82, 2.24) is 9.80 Å². The fourth-order valence-corrected chi connectivity index (χ4v) is 3.79. The molecule has 2 amide bonds. The number of aryl methyl sites for hydroxylation is 1. The SMILES string of the molecule is O=C(O)c1ccc(CCC(=O)N2CCC(C(=O)N3CCCC3)CC2)cc1. The van der Waals surface area contributed by atoms with Crippen molar-refractivity contribution < 1.29 is 19.5 Å². The maximum atomic E-state index is 12.4. The van der Waals surface area contributed by atoms with E-state index in [1.165, 1.54) is 0 Å². The van der Waals surface area contributed by atoms with Gasteiger partial charge in [-0.25, -0.2) is 4.79 Å². The summed E-state index contributed by atoms with van der Waals surface area (Å²) in [5.74, 6) is -0.493. The molecule has 3 rings (SSSR count). The van der Waals surface area contributed by atoms with E-state index < -0.39 is 5.97 Å². The van der Waals surface area contributed by atoms with E-state index in [4.69, 9.17) is 5.11 Å². The number of carbonyl (C=O) groups is 3. The lowest BCUT2D eigenvalue weighted by Crippen LogP contribution is -2.43. The third-order valence-electron chi connectivity index (χ3n) is 5.44. The first kappa shape index (κ1) is 18.4. The standard InChI is InChI=1S/C20H26N2O4/c23-18(8-5-15-3-6-17(7-4-15)20(25)26)21-13-9-16(10-14-21)19(24)22-11-1-2-12-22/h3-4,6-7,16H,1-2,5,8-14H2,(H,25,26). The van der Waals surface area contributed by atoms with Gasteiger partial charge in [0.2, 0.25) is 11.8 Å². The van der Waals surface area contributed by atoms with Crippen LogP contribution in [0, 0.1) is 5.92 Å². The number of carboxylic acid groups (broad SMARTS) is 1. The highest BCUT2D eigenvalue weighted by molar-refractivity contribution is 5.87. The van der Waals surface area contributed by atoms with Gasteiger partial charge in [-0.3, -0.25) is 9.59 Å². The van der Waals surface area contributed by atoms with Gasteiger partial charge in [0.1, 0.15) is 0 Å². The average Bonchev–Trinajstić information content (AvgIpc) is 3.20. The van der Waals surface area contributed by atoms with Gasteiger partial charge in [0, 0.05) is 38.5 Å². The number of piperidine rings is 1. The first-order valence-electron chi connectivity index (χ1n) is 9.43. The fraction of sp³-hybridized carbons (Fsp3) is 0.550. The monoisotopic (exact) mass is 358 g/mol. The molecule has 0 spiro atoms. The number of aromatic carboxylic acids is 1. The van der Waals surface area contributed by atoms with Crippen LogP contribution in [0.5, 0.6) is 0 Å². The quantitative estimate of drug-likeness (QED) is 0.875. The van der Waals surface area contributed by atoms with E-state index >= 15 is 0 Å². The van der Waals surface area contributed by atoms with E-state index in [0.717, 1.165) is 44.3 Å². The van der Waals surface area contributed by atoms with Crippen LogP contribution in [0.25, 0.3) is 0 Å². The van der Waals surface area contributed by atoms with Gasteiger partial charge in [0.15, 0.2) is 0 Å². The lowest BCUT2D eigenvalue weighted by Gasteiger charge is -2.33. The van der Waals surface area contributed by atoms with Gasteiger partial charge in [-0.1, -0.05) is 12.1 Å². The maximum absolute atomic E-state index is 12.4. The summed E-state index contributed by atoms with van der Waals surface area (Å²) in [6.07, 6.45) is 4.75. The Morgan fingerprint density at radius 1 is 0.923 bits per heavy atom. The molecule has 140 valence electrons. The summed E-state index contributed by atoms with van der Waals surface area (Å²) in [7, 11) is 0. The van der Waals surface area contributed by atoms with Gasteiger partial charge in [0.05, 0.1) is 5.56 Å². The molecule has 0 bridgehead atoms. The lowest BCUT2D eigenvalue weighted by atomic mass is 9.95. The molecule has 1 aromatic carbocycles. The summed E-state index contributed by atoms with van der Waals surface area (Å²) in [6.45, 7) is 3.08. The van der Waals surface area contributed by atoms with Crippen molar-refractivity contribution in [3.8, 4) is 0 Å². The molecule has 6 heteroatoms. The minimum Gasteiger partial charge on any atom is -0.478 e. The van der Waals surface area contributed by atoms with Gasteiger partial charge >= 0.3 is 5.97 Å². The summed E-state index contributed by atoms with van der Waals surface area (Å²) in [5, 5.41) is 8.91. The zero-order valence-corrected chi connectivity index (χ0v) is 15.0. The second-order valence-electron chi connectivity index (χ2n) is 7.19. The number of hydrogen-bond acceptors (Lipinski definition) is 3. The molecule has 26 heavy (non-hydrogen) atoms. The number of amides is 2. The Bertz CT molecular complexity index is 657. The third-order valence-corrected chi connectivity index (χ3v) is 5.44. The van der Waals surface area contributed by atoms with Crippen LogP contribution in [0.4, 0.5) is 0 Å². The van der Waals surface area contributed by atoms with Gasteiger partial charge in [-0.15, -0.1) is 0 Å². The highest BCUT2D eigenvalue weighted by Crippen LogP contribution is 2.22. The summed E-state index contributed by atoms with van der Waals surface area (Å²) in [4.78, 5) is 39.6. The highest BCUT2D eigenvalue weighted by atomic mass is 16.4. The number of rotatable bonds is 5. The summed E-state index contributed by atoms with van der Waals surface area (Å²) in [5.41, 5.74) is 1.22. The van der Waals surface area contributed by atoms with Crippen molar-refractivity contribution in [2.45, 2.75) is 38.5 Å². The van der Waals surface area contributed by atoms with Crippen LogP contribution in [0.3, 0.4) is 0 Å². The Balaban J connectivity index is 1.43. The van der Waals surface area contributed by atoms with Crippen molar-refractivity contribution >= 4 is 17.8 Å². The Morgan fingerprint density at radius 2 is 1.54 bits per heavy atom. The average molecular weight is 358 g/mol. The number of carbonyl (C=O) groups excluding carboxylic acids is 2. The van der Waals surface area contributed by atoms with Crippen molar-refractivity contribution in [3.05, 3.63) is 35.4 Å². The smallest absolute Gasteiger partial charge is 0.335 e. The molecular formula is C20H26N2O4. The minimum absolute atomic E-state index is 0.0701. The Labute approximate surface area is 153 Å². The largest absolute Gasteiger partial charge is 0.478 e. The third kappa shape index (κ3) is 4.42. The fourth-order valence-electron chi connectivity index (χ4n) is 3.79. The van der Waals surface area contributed by atoms with Gasteiger partial charge in [-0.05, 0) is 49.8 Å². The zero-order chi connectivity index (χ0) is 18.5. The highest BCUT2D eigenvalue weighted by Gasteiger charge is 2.30. The molecule has 0 radical (unpaired) electrons. The molecule has 2 fully saturated rings. The first-order valence-corrected chi connectivity index (χ1v) is 9.43. The Morgan fingerprint density at radius 3 is 2.12 bits per heavy atom. The second kappa shape index (κ2) is 8.34. The molecule has 0 aromatic heterocycles. The van der Waals surface area contributed by atoms with Gasteiger partial charge in [-0.2, -0.15) is 0 Å². The number of benzene rings is 1. The Hall–Kier alpha value is -2.37. The summed E-state index contributed by atoms with van der Waals surface area (Å²) >= 11 is 0. The topological polar surface area (TPSA) is 77.9 Å². The van der Waals surface area contributed by atoms with Crippen molar-refractivity contribution in [1.29, 1.82) is 0 Å². The van der Waals surface area contributed by atoms with E-state index in [2.05, 4.69) is 0 Å². The normalized spacial score (nSPS) is 18.2. The van der Waals surface area contributed by atoms with Crippen LogP contribution >= 0.6 is 0 Å². The number of likely N-dealkylation sites (tertiary alicyclic amines) is 2. The maximum Gasteiger partial charge on any atom is 0.335 e. The van der Waals surface area contributed by atoms with E-state index in [9.17, 15) is 14.4 Å².